The van der Waals surface area contributed by atoms with Crippen LogP contribution < -0.4 is 4.74 Å². The fraction of sp³-hybridized carbons (Fsp3) is 0.500. The molecule has 0 amide bonds. The fourth-order valence-electron chi connectivity index (χ4n) is 1.31. The van der Waals surface area contributed by atoms with E-state index in [0.717, 1.165) is 18.4 Å². The Morgan fingerprint density at radius 3 is 2.11 bits per heavy atom. The molecule has 1 aromatic carbocycles. The molecule has 0 aromatic heterocycles. The van der Waals surface area contributed by atoms with E-state index in [2.05, 4.69) is 0 Å². The van der Waals surface area contributed by atoms with Gasteiger partial charge in [-0.15, -0.1) is 0 Å². The van der Waals surface area contributed by atoms with Gasteiger partial charge in [-0.3, -0.25) is 0 Å². The van der Waals surface area contributed by atoms with Crippen LogP contribution in [0, 0.1) is 0 Å². The van der Waals surface area contributed by atoms with Crippen LogP contribution in [0.3, 0.4) is 0 Å². The van der Waals surface area contributed by atoms with E-state index in [1.165, 1.54) is 12.1 Å². The molecule has 6 heteroatoms. The molecule has 18 heavy (non-hydrogen) atoms. The minimum absolute atomic E-state index is 0.159. The van der Waals surface area contributed by atoms with Crippen molar-refractivity contribution in [3.05, 3.63) is 29.8 Å². The van der Waals surface area contributed by atoms with E-state index in [9.17, 15) is 13.2 Å². The smallest absolute Gasteiger partial charge is 0.446 e. The van der Waals surface area contributed by atoms with E-state index in [0.29, 0.717) is 0 Å². The van der Waals surface area contributed by atoms with Crippen molar-refractivity contribution in [3.63, 3.8) is 0 Å². The number of benzene rings is 1. The zero-order valence-corrected chi connectivity index (χ0v) is 9.87. The third-order valence-electron chi connectivity index (χ3n) is 2.36. The molecule has 0 aliphatic rings. The van der Waals surface area contributed by atoms with Crippen LogP contribution in [-0.2, 0) is 6.42 Å². The lowest BCUT2D eigenvalue weighted by Crippen LogP contribution is -2.49. The number of ether oxygens (including phenoxy) is 1. The van der Waals surface area contributed by atoms with E-state index < -0.39 is 18.6 Å². The summed E-state index contributed by atoms with van der Waals surface area (Å²) in [6, 6.07) is 6.45. The van der Waals surface area contributed by atoms with Crippen LogP contribution in [0.15, 0.2) is 24.3 Å². The average Bonchev–Trinajstić information content (AvgIpc) is 2.27. The molecule has 0 radical (unpaired) electrons. The fourth-order valence-corrected chi connectivity index (χ4v) is 1.31. The number of hydrogen-bond acceptors (Lipinski definition) is 3. The first-order chi connectivity index (χ1) is 8.26. The maximum atomic E-state index is 12.1. The van der Waals surface area contributed by atoms with Gasteiger partial charge in [0.25, 0.3) is 5.79 Å². The largest absolute Gasteiger partial charge is 0.488 e. The number of halogens is 3. The summed E-state index contributed by atoms with van der Waals surface area (Å²) in [6.07, 6.45) is -3.31. The first-order valence-corrected chi connectivity index (χ1v) is 5.49. The van der Waals surface area contributed by atoms with Crippen molar-refractivity contribution in [2.45, 2.75) is 31.7 Å². The molecule has 102 valence electrons. The topological polar surface area (TPSA) is 49.7 Å². The van der Waals surface area contributed by atoms with Crippen LogP contribution in [0.5, 0.6) is 5.75 Å². The van der Waals surface area contributed by atoms with E-state index >= 15 is 0 Å². The highest BCUT2D eigenvalue weighted by Gasteiger charge is 2.53. The normalized spacial score (nSPS) is 12.6. The molecule has 3 nitrogen and oxygen atoms in total. The summed E-state index contributed by atoms with van der Waals surface area (Å²) in [5.41, 5.74) is 1.04. The molecule has 1 rings (SSSR count). The third-order valence-corrected chi connectivity index (χ3v) is 2.36. The lowest BCUT2D eigenvalue weighted by atomic mass is 10.1. The van der Waals surface area contributed by atoms with Crippen LogP contribution in [0.1, 0.15) is 18.9 Å². The van der Waals surface area contributed by atoms with Crippen molar-refractivity contribution >= 4 is 0 Å². The van der Waals surface area contributed by atoms with E-state index in [-0.39, 0.29) is 5.75 Å². The van der Waals surface area contributed by atoms with Gasteiger partial charge < -0.3 is 14.9 Å². The van der Waals surface area contributed by atoms with Crippen LogP contribution in [0.4, 0.5) is 13.2 Å². The van der Waals surface area contributed by atoms with Gasteiger partial charge in [-0.05, 0) is 24.1 Å². The van der Waals surface area contributed by atoms with E-state index in [1.54, 1.807) is 12.1 Å². The summed E-state index contributed by atoms with van der Waals surface area (Å²) >= 11 is 0. The van der Waals surface area contributed by atoms with E-state index in [1.807, 2.05) is 6.92 Å². The van der Waals surface area contributed by atoms with Crippen molar-refractivity contribution in [1.82, 2.24) is 0 Å². The Hall–Kier alpha value is -1.27. The Morgan fingerprint density at radius 1 is 1.11 bits per heavy atom. The summed E-state index contributed by atoms with van der Waals surface area (Å²) in [5, 5.41) is 17.5. The van der Waals surface area contributed by atoms with Gasteiger partial charge >= 0.3 is 6.18 Å². The van der Waals surface area contributed by atoms with Gasteiger partial charge in [0, 0.05) is 0 Å². The number of hydrogen-bond donors (Lipinski definition) is 2. The van der Waals surface area contributed by atoms with Gasteiger partial charge in [-0.1, -0.05) is 25.5 Å². The Bertz CT molecular complexity index is 371. The molecule has 0 atom stereocenters. The number of aryl methyl sites for hydroxylation is 1. The highest BCUT2D eigenvalue weighted by Crippen LogP contribution is 2.28. The molecule has 1 aromatic rings. The monoisotopic (exact) mass is 264 g/mol. The minimum Gasteiger partial charge on any atom is -0.488 e. The standard InChI is InChI=1S/C12H15F3O3/c1-2-3-9-4-6-10(7-5-9)18-8-11(16,17)12(13,14)15/h4-7,16-17H,2-3,8H2,1H3. The minimum atomic E-state index is -5.14. The van der Waals surface area contributed by atoms with Crippen LogP contribution in [-0.4, -0.2) is 28.8 Å². The second-order valence-corrected chi connectivity index (χ2v) is 4.00. The Balaban J connectivity index is 2.59. The molecule has 0 bridgehead atoms. The van der Waals surface area contributed by atoms with Crippen LogP contribution >= 0.6 is 0 Å². The molecule has 0 fully saturated rings. The molecule has 0 unspecified atom stereocenters. The quantitative estimate of drug-likeness (QED) is 0.802. The molecule has 0 heterocycles. The highest BCUT2D eigenvalue weighted by atomic mass is 19.4. The maximum absolute atomic E-state index is 12.1. The summed E-state index contributed by atoms with van der Waals surface area (Å²) in [5.74, 6) is -3.68. The van der Waals surface area contributed by atoms with E-state index in [4.69, 9.17) is 14.9 Å². The Morgan fingerprint density at radius 2 is 1.67 bits per heavy atom. The maximum Gasteiger partial charge on any atom is 0.446 e. The van der Waals surface area contributed by atoms with Gasteiger partial charge in [0.15, 0.2) is 6.61 Å². The molecule has 0 saturated heterocycles. The van der Waals surface area contributed by atoms with Crippen LogP contribution in [0.2, 0.25) is 0 Å². The number of alkyl halides is 3. The van der Waals surface area contributed by atoms with Crippen molar-refractivity contribution in [2.75, 3.05) is 6.61 Å². The predicted octanol–water partition coefficient (Wildman–Crippen LogP) is 2.26. The SMILES string of the molecule is CCCc1ccc(OCC(O)(O)C(F)(F)F)cc1. The van der Waals surface area contributed by atoms with Crippen molar-refractivity contribution < 1.29 is 28.1 Å². The van der Waals surface area contributed by atoms with Gasteiger partial charge in [0.2, 0.25) is 0 Å². The molecule has 0 aliphatic heterocycles. The van der Waals surface area contributed by atoms with Gasteiger partial charge in [0.1, 0.15) is 5.75 Å². The zero-order valence-electron chi connectivity index (χ0n) is 9.87. The van der Waals surface area contributed by atoms with Crippen LogP contribution in [0.25, 0.3) is 0 Å². The molecule has 0 spiro atoms. The molecule has 0 saturated carbocycles. The summed E-state index contributed by atoms with van der Waals surface area (Å²) in [4.78, 5) is 0. The summed E-state index contributed by atoms with van der Waals surface area (Å²) in [6.45, 7) is 0.753. The second-order valence-electron chi connectivity index (χ2n) is 4.00. The summed E-state index contributed by atoms with van der Waals surface area (Å²) < 4.78 is 41.1. The lowest BCUT2D eigenvalue weighted by molar-refractivity contribution is -0.355. The van der Waals surface area contributed by atoms with Gasteiger partial charge in [-0.25, -0.2) is 0 Å². The number of rotatable bonds is 5. The lowest BCUT2D eigenvalue weighted by Gasteiger charge is -2.24. The second kappa shape index (κ2) is 5.58. The highest BCUT2D eigenvalue weighted by molar-refractivity contribution is 5.27. The zero-order chi connectivity index (χ0) is 13.8. The molecular weight excluding hydrogens is 249 g/mol. The average molecular weight is 264 g/mol. The molecule has 0 aliphatic carbocycles. The van der Waals surface area contributed by atoms with Crippen molar-refractivity contribution in [1.29, 1.82) is 0 Å². The Kier molecular flexibility index (Phi) is 4.59. The predicted molar refractivity (Wildman–Crippen MR) is 59.2 cm³/mol. The molecular formula is C12H15F3O3. The first-order valence-electron chi connectivity index (χ1n) is 5.49. The Labute approximate surface area is 103 Å². The van der Waals surface area contributed by atoms with Gasteiger partial charge in [0.05, 0.1) is 0 Å². The number of aliphatic hydroxyl groups is 2. The first kappa shape index (κ1) is 14.8. The van der Waals surface area contributed by atoms with Crippen molar-refractivity contribution in [2.24, 2.45) is 0 Å². The van der Waals surface area contributed by atoms with Gasteiger partial charge in [-0.2, -0.15) is 13.2 Å². The summed E-state index contributed by atoms with van der Waals surface area (Å²) in [7, 11) is 0. The molecule has 2 N–H and O–H groups in total. The third kappa shape index (κ3) is 3.89. The van der Waals surface area contributed by atoms with Crippen molar-refractivity contribution in [3.8, 4) is 5.75 Å².